The van der Waals surface area contributed by atoms with E-state index in [2.05, 4.69) is 17.4 Å². The number of hydrogen-bond donors (Lipinski definition) is 2. The van der Waals surface area contributed by atoms with Gasteiger partial charge in [-0.25, -0.2) is 4.79 Å². The van der Waals surface area contributed by atoms with Crippen molar-refractivity contribution in [3.05, 3.63) is 59.7 Å². The molecule has 186 valence electrons. The number of hydrogen-bond acceptors (Lipinski definition) is 6. The van der Waals surface area contributed by atoms with Crippen LogP contribution in [0.2, 0.25) is 0 Å². The first kappa shape index (κ1) is 24.7. The van der Waals surface area contributed by atoms with E-state index in [0.29, 0.717) is 0 Å². The van der Waals surface area contributed by atoms with E-state index >= 15 is 0 Å². The third-order valence-corrected chi connectivity index (χ3v) is 6.65. The van der Waals surface area contributed by atoms with Crippen LogP contribution in [0, 0.1) is 5.92 Å². The molecule has 2 N–H and O–H groups in total. The van der Waals surface area contributed by atoms with E-state index in [0.717, 1.165) is 22.3 Å². The van der Waals surface area contributed by atoms with E-state index < -0.39 is 36.0 Å². The number of aliphatic carboxylic acids is 1. The molecule has 1 fully saturated rings. The molecule has 9 heteroatoms. The quantitative estimate of drug-likeness (QED) is 0.623. The zero-order chi connectivity index (χ0) is 24.9. The summed E-state index contributed by atoms with van der Waals surface area (Å²) in [5.41, 5.74) is 4.41. The Balaban J connectivity index is 1.44. The maximum absolute atomic E-state index is 13.3. The standard InChI is InChI=1S/C26H30N2O7/c1-16(33-2)23(24(29)28-11-12-34-14-17(13-28)25(30)31)27-26(32)35-15-22-20-9-5-3-7-18(20)19-8-4-6-10-21(19)22/h3-10,16-17,22-23H,11-15H2,1-2H3,(H,27,32)(H,30,31)/t16-,17?,23+/m1/s1. The highest BCUT2D eigenvalue weighted by atomic mass is 16.5. The van der Waals surface area contributed by atoms with Crippen LogP contribution in [-0.4, -0.2) is 80.1 Å². The van der Waals surface area contributed by atoms with Crippen LogP contribution < -0.4 is 5.32 Å². The van der Waals surface area contributed by atoms with Gasteiger partial charge < -0.3 is 29.5 Å². The van der Waals surface area contributed by atoms with Crippen molar-refractivity contribution in [3.63, 3.8) is 0 Å². The molecular formula is C26H30N2O7. The van der Waals surface area contributed by atoms with Gasteiger partial charge in [0, 0.05) is 26.1 Å². The van der Waals surface area contributed by atoms with Crippen LogP contribution in [-0.2, 0) is 23.8 Å². The summed E-state index contributed by atoms with van der Waals surface area (Å²) in [6.45, 7) is 2.24. The number of fused-ring (bicyclic) bond motifs is 3. The van der Waals surface area contributed by atoms with Gasteiger partial charge in [-0.2, -0.15) is 0 Å². The SMILES string of the molecule is CO[C@H](C)[C@H](NC(=O)OCC1c2ccccc2-c2ccccc21)C(=O)N1CCOCC(C(=O)O)C1. The number of carboxylic acid groups (broad SMARTS) is 1. The van der Waals surface area contributed by atoms with Crippen LogP contribution >= 0.6 is 0 Å². The van der Waals surface area contributed by atoms with Crippen molar-refractivity contribution in [1.82, 2.24) is 10.2 Å². The zero-order valence-electron chi connectivity index (χ0n) is 19.8. The summed E-state index contributed by atoms with van der Waals surface area (Å²) in [5, 5.41) is 12.0. The maximum Gasteiger partial charge on any atom is 0.407 e. The summed E-state index contributed by atoms with van der Waals surface area (Å²) >= 11 is 0. The number of alkyl carbamates (subject to hydrolysis) is 1. The van der Waals surface area contributed by atoms with Crippen molar-refractivity contribution < 1.29 is 33.7 Å². The monoisotopic (exact) mass is 482 g/mol. The van der Waals surface area contributed by atoms with Crippen molar-refractivity contribution >= 4 is 18.0 Å². The molecule has 1 heterocycles. The van der Waals surface area contributed by atoms with Gasteiger partial charge in [0.1, 0.15) is 12.6 Å². The Labute approximate surface area is 204 Å². The number of amides is 2. The van der Waals surface area contributed by atoms with Gasteiger partial charge in [0.15, 0.2) is 0 Å². The van der Waals surface area contributed by atoms with Crippen LogP contribution in [0.5, 0.6) is 0 Å². The highest BCUT2D eigenvalue weighted by Gasteiger charge is 2.35. The van der Waals surface area contributed by atoms with Crippen LogP contribution in [0.1, 0.15) is 24.0 Å². The molecule has 0 saturated carbocycles. The molecule has 0 spiro atoms. The molecule has 1 unspecified atom stereocenters. The molecule has 2 amide bonds. The van der Waals surface area contributed by atoms with Crippen LogP contribution in [0.25, 0.3) is 11.1 Å². The third-order valence-electron chi connectivity index (χ3n) is 6.65. The first-order valence-corrected chi connectivity index (χ1v) is 11.6. The molecular weight excluding hydrogens is 452 g/mol. The summed E-state index contributed by atoms with van der Waals surface area (Å²) in [5.74, 6) is -2.43. The molecule has 2 aromatic carbocycles. The third kappa shape index (κ3) is 5.31. The molecule has 1 aliphatic heterocycles. The lowest BCUT2D eigenvalue weighted by Gasteiger charge is -2.30. The van der Waals surface area contributed by atoms with E-state index in [4.69, 9.17) is 14.2 Å². The molecule has 0 radical (unpaired) electrons. The predicted octanol–water partition coefficient (Wildman–Crippen LogP) is 2.49. The zero-order valence-corrected chi connectivity index (χ0v) is 19.8. The first-order chi connectivity index (χ1) is 16.9. The number of benzene rings is 2. The van der Waals surface area contributed by atoms with Gasteiger partial charge in [-0.05, 0) is 29.2 Å². The summed E-state index contributed by atoms with van der Waals surface area (Å²) in [6, 6.07) is 15.0. The summed E-state index contributed by atoms with van der Waals surface area (Å²) in [7, 11) is 1.44. The fraction of sp³-hybridized carbons (Fsp3) is 0.423. The maximum atomic E-state index is 13.3. The van der Waals surface area contributed by atoms with E-state index in [1.54, 1.807) is 6.92 Å². The second-order valence-corrected chi connectivity index (χ2v) is 8.78. The molecule has 9 nitrogen and oxygen atoms in total. The Morgan fingerprint density at radius 3 is 2.34 bits per heavy atom. The Kier molecular flexibility index (Phi) is 7.67. The summed E-state index contributed by atoms with van der Waals surface area (Å²) in [4.78, 5) is 38.9. The number of carbonyl (C=O) groups excluding carboxylic acids is 2. The Morgan fingerprint density at radius 1 is 1.11 bits per heavy atom. The van der Waals surface area contributed by atoms with Gasteiger partial charge in [-0.15, -0.1) is 0 Å². The number of rotatable bonds is 7. The highest BCUT2D eigenvalue weighted by molar-refractivity contribution is 5.87. The summed E-state index contributed by atoms with van der Waals surface area (Å²) in [6.07, 6.45) is -1.40. The second-order valence-electron chi connectivity index (χ2n) is 8.78. The number of nitrogens with one attached hydrogen (secondary N) is 1. The Morgan fingerprint density at radius 2 is 1.74 bits per heavy atom. The van der Waals surface area contributed by atoms with Gasteiger partial charge in [0.05, 0.1) is 25.2 Å². The number of methoxy groups -OCH3 is 1. The van der Waals surface area contributed by atoms with Gasteiger partial charge in [-0.3, -0.25) is 9.59 Å². The molecule has 1 saturated heterocycles. The predicted molar refractivity (Wildman–Crippen MR) is 127 cm³/mol. The largest absolute Gasteiger partial charge is 0.481 e. The van der Waals surface area contributed by atoms with Crippen molar-refractivity contribution in [2.75, 3.05) is 40.0 Å². The molecule has 0 aromatic heterocycles. The van der Waals surface area contributed by atoms with Crippen molar-refractivity contribution in [2.24, 2.45) is 5.92 Å². The van der Waals surface area contributed by atoms with Crippen molar-refractivity contribution in [1.29, 1.82) is 0 Å². The van der Waals surface area contributed by atoms with Crippen LogP contribution in [0.4, 0.5) is 4.79 Å². The molecule has 2 aliphatic rings. The fourth-order valence-electron chi connectivity index (χ4n) is 4.64. The molecule has 35 heavy (non-hydrogen) atoms. The summed E-state index contributed by atoms with van der Waals surface area (Å²) < 4.78 is 16.3. The first-order valence-electron chi connectivity index (χ1n) is 11.6. The number of ether oxygens (including phenoxy) is 3. The van der Waals surface area contributed by atoms with Crippen LogP contribution in [0.3, 0.4) is 0 Å². The fourth-order valence-corrected chi connectivity index (χ4v) is 4.64. The second kappa shape index (κ2) is 10.9. The lowest BCUT2D eigenvalue weighted by atomic mass is 9.98. The van der Waals surface area contributed by atoms with Gasteiger partial charge in [0.2, 0.25) is 5.91 Å². The lowest BCUT2D eigenvalue weighted by Crippen LogP contribution is -2.55. The molecule has 1 aliphatic carbocycles. The number of carbonyl (C=O) groups is 3. The van der Waals surface area contributed by atoms with E-state index in [9.17, 15) is 19.5 Å². The normalized spacial score (nSPS) is 19.1. The number of nitrogens with zero attached hydrogens (tertiary/aromatic N) is 1. The molecule has 2 aromatic rings. The molecule has 4 rings (SSSR count). The van der Waals surface area contributed by atoms with Crippen LogP contribution in [0.15, 0.2) is 48.5 Å². The van der Waals surface area contributed by atoms with E-state index in [1.165, 1.54) is 12.0 Å². The average Bonchev–Trinajstić information content (AvgIpc) is 3.00. The number of carboxylic acids is 1. The van der Waals surface area contributed by atoms with E-state index in [-0.39, 0.29) is 38.8 Å². The van der Waals surface area contributed by atoms with Gasteiger partial charge in [0.25, 0.3) is 0 Å². The van der Waals surface area contributed by atoms with E-state index in [1.807, 2.05) is 36.4 Å². The average molecular weight is 483 g/mol. The van der Waals surface area contributed by atoms with Crippen molar-refractivity contribution in [2.45, 2.75) is 25.0 Å². The minimum atomic E-state index is -1.04. The highest BCUT2D eigenvalue weighted by Crippen LogP contribution is 2.44. The molecule has 0 bridgehead atoms. The minimum Gasteiger partial charge on any atom is -0.481 e. The molecule has 3 atom stereocenters. The van der Waals surface area contributed by atoms with Gasteiger partial charge >= 0.3 is 12.1 Å². The Bertz CT molecular complexity index is 1040. The topological polar surface area (TPSA) is 114 Å². The Hall–Kier alpha value is -3.43. The van der Waals surface area contributed by atoms with Gasteiger partial charge in [-0.1, -0.05) is 48.5 Å². The smallest absolute Gasteiger partial charge is 0.407 e. The lowest BCUT2D eigenvalue weighted by molar-refractivity contribution is -0.145. The van der Waals surface area contributed by atoms with Crippen molar-refractivity contribution in [3.8, 4) is 11.1 Å². The minimum absolute atomic E-state index is 0.00648.